The zero-order valence-corrected chi connectivity index (χ0v) is 20.5. The van der Waals surface area contributed by atoms with Crippen molar-refractivity contribution in [1.82, 2.24) is 14.9 Å². The molecule has 0 bridgehead atoms. The number of piperidine rings is 1. The number of aliphatic imine (C=N–C) groups is 1. The van der Waals surface area contributed by atoms with E-state index in [1.807, 2.05) is 12.1 Å². The molecular weight excluding hydrogens is 499 g/mol. The maximum Gasteiger partial charge on any atom is 0.243 e. The molecule has 1 saturated carbocycles. The van der Waals surface area contributed by atoms with Crippen molar-refractivity contribution in [3.05, 3.63) is 29.8 Å². The summed E-state index contributed by atoms with van der Waals surface area (Å²) in [6.45, 7) is 4.58. The van der Waals surface area contributed by atoms with Crippen LogP contribution in [0.2, 0.25) is 0 Å². The van der Waals surface area contributed by atoms with Gasteiger partial charge in [0.1, 0.15) is 0 Å². The van der Waals surface area contributed by atoms with Crippen LogP contribution < -0.4 is 10.6 Å². The molecule has 2 N–H and O–H groups in total. The number of hydrogen-bond acceptors (Lipinski definition) is 3. The molecule has 8 heteroatoms. The van der Waals surface area contributed by atoms with Gasteiger partial charge in [0.05, 0.1) is 11.4 Å². The van der Waals surface area contributed by atoms with Crippen molar-refractivity contribution in [2.24, 2.45) is 4.99 Å². The van der Waals surface area contributed by atoms with Gasteiger partial charge in [0, 0.05) is 25.7 Å². The van der Waals surface area contributed by atoms with Crippen LogP contribution in [0, 0.1) is 0 Å². The first kappa shape index (κ1) is 24.4. The molecule has 1 heterocycles. The van der Waals surface area contributed by atoms with E-state index in [2.05, 4.69) is 17.6 Å². The third-order valence-electron chi connectivity index (χ3n) is 5.56. The SMILES string of the molecule is CCNC(=NCc1cccc(S(=O)(=O)N2CCCCC2)c1)NC1CCCCC1.I. The summed E-state index contributed by atoms with van der Waals surface area (Å²) in [5.74, 6) is 0.818. The third-order valence-corrected chi connectivity index (χ3v) is 7.46. The highest BCUT2D eigenvalue weighted by Gasteiger charge is 2.25. The topological polar surface area (TPSA) is 73.8 Å². The van der Waals surface area contributed by atoms with E-state index in [-0.39, 0.29) is 24.0 Å². The average Bonchev–Trinajstić information content (AvgIpc) is 2.74. The van der Waals surface area contributed by atoms with Crippen molar-refractivity contribution in [3.8, 4) is 0 Å². The van der Waals surface area contributed by atoms with Crippen molar-refractivity contribution in [2.75, 3.05) is 19.6 Å². The molecule has 1 aromatic rings. The maximum atomic E-state index is 12.9. The lowest BCUT2D eigenvalue weighted by atomic mass is 9.96. The summed E-state index contributed by atoms with van der Waals surface area (Å²) in [4.78, 5) is 5.08. The summed E-state index contributed by atoms with van der Waals surface area (Å²) in [5.41, 5.74) is 0.916. The second kappa shape index (κ2) is 12.1. The summed E-state index contributed by atoms with van der Waals surface area (Å²) in [6.07, 6.45) is 9.25. The number of guanidine groups is 1. The fraction of sp³-hybridized carbons (Fsp3) is 0.667. The van der Waals surface area contributed by atoms with Gasteiger partial charge in [0.25, 0.3) is 0 Å². The van der Waals surface area contributed by atoms with Crippen LogP contribution in [0.5, 0.6) is 0 Å². The molecule has 1 aliphatic carbocycles. The van der Waals surface area contributed by atoms with Gasteiger partial charge in [-0.2, -0.15) is 4.31 Å². The molecule has 2 aliphatic rings. The van der Waals surface area contributed by atoms with Crippen LogP contribution in [-0.4, -0.2) is 44.4 Å². The highest BCUT2D eigenvalue weighted by Crippen LogP contribution is 2.21. The average molecular weight is 535 g/mol. The van der Waals surface area contributed by atoms with Gasteiger partial charge in [0.15, 0.2) is 5.96 Å². The molecule has 0 unspecified atom stereocenters. The van der Waals surface area contributed by atoms with Gasteiger partial charge in [-0.05, 0) is 50.3 Å². The van der Waals surface area contributed by atoms with Gasteiger partial charge < -0.3 is 10.6 Å². The summed E-state index contributed by atoms with van der Waals surface area (Å²) in [7, 11) is -3.40. The fourth-order valence-electron chi connectivity index (χ4n) is 3.99. The smallest absolute Gasteiger partial charge is 0.243 e. The first-order chi connectivity index (χ1) is 13.6. The molecule has 6 nitrogen and oxygen atoms in total. The quantitative estimate of drug-likeness (QED) is 0.330. The van der Waals surface area contributed by atoms with E-state index in [9.17, 15) is 8.42 Å². The van der Waals surface area contributed by atoms with E-state index in [1.54, 1.807) is 16.4 Å². The Bertz CT molecular complexity index is 758. The molecule has 0 spiro atoms. The van der Waals surface area contributed by atoms with Crippen molar-refractivity contribution >= 4 is 40.0 Å². The summed E-state index contributed by atoms with van der Waals surface area (Å²) >= 11 is 0. The molecule has 1 aromatic carbocycles. The minimum atomic E-state index is -3.40. The Balaban J connectivity index is 0.00000300. The number of rotatable bonds is 6. The fourth-order valence-corrected chi connectivity index (χ4v) is 5.58. The molecule has 29 heavy (non-hydrogen) atoms. The largest absolute Gasteiger partial charge is 0.357 e. The first-order valence-corrected chi connectivity index (χ1v) is 12.2. The van der Waals surface area contributed by atoms with E-state index >= 15 is 0 Å². The van der Waals surface area contributed by atoms with Crippen LogP contribution in [0.15, 0.2) is 34.2 Å². The highest BCUT2D eigenvalue weighted by atomic mass is 127. The minimum absolute atomic E-state index is 0. The standard InChI is InChI=1S/C21H34N4O2S.HI/c1-2-22-21(24-19-11-5-3-6-12-19)23-17-18-10-9-13-20(16-18)28(26,27)25-14-7-4-8-15-25;/h9-10,13,16,19H,2-8,11-12,14-15,17H2,1H3,(H2,22,23,24);1H. The predicted molar refractivity (Wildman–Crippen MR) is 129 cm³/mol. The second-order valence-corrected chi connectivity index (χ2v) is 9.72. The van der Waals surface area contributed by atoms with Crippen molar-refractivity contribution < 1.29 is 8.42 Å². The zero-order valence-electron chi connectivity index (χ0n) is 17.4. The lowest BCUT2D eigenvalue weighted by Gasteiger charge is -2.26. The molecule has 0 radical (unpaired) electrons. The monoisotopic (exact) mass is 534 g/mol. The lowest BCUT2D eigenvalue weighted by molar-refractivity contribution is 0.346. The minimum Gasteiger partial charge on any atom is -0.357 e. The lowest BCUT2D eigenvalue weighted by Crippen LogP contribution is -2.44. The number of halogens is 1. The van der Waals surface area contributed by atoms with Gasteiger partial charge in [-0.3, -0.25) is 0 Å². The summed E-state index contributed by atoms with van der Waals surface area (Å²) in [5, 5.41) is 6.85. The first-order valence-electron chi connectivity index (χ1n) is 10.7. The van der Waals surface area contributed by atoms with Crippen molar-refractivity contribution in [3.63, 3.8) is 0 Å². The Kier molecular flexibility index (Phi) is 10.2. The van der Waals surface area contributed by atoms with Crippen LogP contribution in [0.25, 0.3) is 0 Å². The van der Waals surface area contributed by atoms with Gasteiger partial charge in [-0.25, -0.2) is 13.4 Å². The molecule has 164 valence electrons. The number of nitrogens with one attached hydrogen (secondary N) is 2. The van der Waals surface area contributed by atoms with E-state index in [0.29, 0.717) is 30.6 Å². The van der Waals surface area contributed by atoms with Crippen LogP contribution in [0.4, 0.5) is 0 Å². The Labute approximate surface area is 193 Å². The van der Waals surface area contributed by atoms with E-state index in [4.69, 9.17) is 4.99 Å². The number of sulfonamides is 1. The summed E-state index contributed by atoms with van der Waals surface area (Å²) in [6, 6.07) is 7.73. The molecule has 2 fully saturated rings. The zero-order chi connectivity index (χ0) is 19.8. The van der Waals surface area contributed by atoms with Crippen LogP contribution in [0.1, 0.15) is 63.9 Å². The molecule has 1 aliphatic heterocycles. The maximum absolute atomic E-state index is 12.9. The normalized spacial score (nSPS) is 19.4. The van der Waals surface area contributed by atoms with E-state index in [0.717, 1.165) is 37.3 Å². The number of hydrogen-bond donors (Lipinski definition) is 2. The van der Waals surface area contributed by atoms with Gasteiger partial charge >= 0.3 is 0 Å². The van der Waals surface area contributed by atoms with Gasteiger partial charge in [-0.15, -0.1) is 24.0 Å². The number of benzene rings is 1. The molecular formula is C21H35IN4O2S. The Morgan fingerprint density at radius 3 is 2.48 bits per heavy atom. The molecule has 0 aromatic heterocycles. The van der Waals surface area contributed by atoms with E-state index in [1.165, 1.54) is 32.1 Å². The van der Waals surface area contributed by atoms with Crippen molar-refractivity contribution in [2.45, 2.75) is 75.8 Å². The summed E-state index contributed by atoms with van der Waals surface area (Å²) < 4.78 is 27.4. The van der Waals surface area contributed by atoms with Gasteiger partial charge in [0.2, 0.25) is 10.0 Å². The second-order valence-electron chi connectivity index (χ2n) is 7.79. The van der Waals surface area contributed by atoms with E-state index < -0.39 is 10.0 Å². The molecule has 0 atom stereocenters. The number of nitrogens with zero attached hydrogens (tertiary/aromatic N) is 2. The predicted octanol–water partition coefficient (Wildman–Crippen LogP) is 3.87. The van der Waals surface area contributed by atoms with Crippen LogP contribution in [0.3, 0.4) is 0 Å². The van der Waals surface area contributed by atoms with Crippen LogP contribution in [-0.2, 0) is 16.6 Å². The molecule has 3 rings (SSSR count). The van der Waals surface area contributed by atoms with Crippen LogP contribution >= 0.6 is 24.0 Å². The highest BCUT2D eigenvalue weighted by molar-refractivity contribution is 14.0. The van der Waals surface area contributed by atoms with Crippen molar-refractivity contribution in [1.29, 1.82) is 0 Å². The van der Waals surface area contributed by atoms with Gasteiger partial charge in [-0.1, -0.05) is 37.8 Å². The third kappa shape index (κ3) is 7.10. The molecule has 1 saturated heterocycles. The Morgan fingerprint density at radius 2 is 1.79 bits per heavy atom. The Morgan fingerprint density at radius 1 is 1.10 bits per heavy atom. The Hall–Kier alpha value is -0.870. The molecule has 0 amide bonds.